The molecular formula is C20H27NO. The lowest BCUT2D eigenvalue weighted by Gasteiger charge is -2.17. The molecule has 118 valence electrons. The molecule has 22 heavy (non-hydrogen) atoms. The van der Waals surface area contributed by atoms with Crippen molar-refractivity contribution in [2.24, 2.45) is 0 Å². The van der Waals surface area contributed by atoms with E-state index in [4.69, 9.17) is 0 Å². The van der Waals surface area contributed by atoms with Gasteiger partial charge in [0, 0.05) is 17.8 Å². The van der Waals surface area contributed by atoms with E-state index in [1.54, 1.807) is 0 Å². The summed E-state index contributed by atoms with van der Waals surface area (Å²) < 4.78 is 0. The summed E-state index contributed by atoms with van der Waals surface area (Å²) >= 11 is 0. The van der Waals surface area contributed by atoms with Crippen molar-refractivity contribution >= 4 is 11.6 Å². The summed E-state index contributed by atoms with van der Waals surface area (Å²) in [4.78, 5) is 14.8. The van der Waals surface area contributed by atoms with Crippen LogP contribution in [0.25, 0.3) is 0 Å². The second kappa shape index (κ2) is 7.62. The van der Waals surface area contributed by atoms with E-state index in [2.05, 4.69) is 0 Å². The van der Waals surface area contributed by atoms with Gasteiger partial charge in [0.1, 0.15) is 0 Å². The Kier molecular flexibility index (Phi) is 5.31. The fraction of sp³-hybridized carbons (Fsp3) is 0.550. The Bertz CT molecular complexity index is 532. The quantitative estimate of drug-likeness (QED) is 0.693. The Morgan fingerprint density at radius 2 is 1.32 bits per heavy atom. The molecule has 3 rings (SSSR count). The van der Waals surface area contributed by atoms with E-state index in [1.807, 2.05) is 35.2 Å². The van der Waals surface area contributed by atoms with Gasteiger partial charge in [-0.3, -0.25) is 4.79 Å². The lowest BCUT2D eigenvalue weighted by Crippen LogP contribution is -2.26. The zero-order valence-electron chi connectivity index (χ0n) is 13.5. The van der Waals surface area contributed by atoms with Gasteiger partial charge in [-0.15, -0.1) is 0 Å². The van der Waals surface area contributed by atoms with Gasteiger partial charge in [0.2, 0.25) is 0 Å². The topological polar surface area (TPSA) is 20.3 Å². The summed E-state index contributed by atoms with van der Waals surface area (Å²) in [5, 5.41) is 0. The highest BCUT2D eigenvalue weighted by molar-refractivity contribution is 6.09. The normalized spacial score (nSPS) is 21.3. The summed E-state index contributed by atoms with van der Waals surface area (Å²) in [6.07, 6.45) is 12.6. The van der Waals surface area contributed by atoms with Crippen LogP contribution in [0.3, 0.4) is 0 Å². The third-order valence-corrected chi connectivity index (χ3v) is 5.00. The molecule has 1 amide bonds. The van der Waals surface area contributed by atoms with E-state index in [-0.39, 0.29) is 5.91 Å². The average Bonchev–Trinajstić information content (AvgIpc) is 2.84. The highest BCUT2D eigenvalue weighted by atomic mass is 16.2. The van der Waals surface area contributed by atoms with Crippen LogP contribution in [0.15, 0.2) is 41.5 Å². The number of nitrogens with zero attached hydrogens (tertiary/aromatic N) is 1. The second-order valence-electron chi connectivity index (χ2n) is 6.64. The monoisotopic (exact) mass is 297 g/mol. The first-order chi connectivity index (χ1) is 10.9. The zero-order chi connectivity index (χ0) is 15.2. The van der Waals surface area contributed by atoms with E-state index in [0.717, 1.165) is 30.6 Å². The van der Waals surface area contributed by atoms with Gasteiger partial charge in [-0.25, -0.2) is 0 Å². The Morgan fingerprint density at radius 3 is 2.00 bits per heavy atom. The number of para-hydroxylation sites is 1. The fourth-order valence-electron chi connectivity index (χ4n) is 3.70. The number of hydrogen-bond donors (Lipinski definition) is 0. The Labute approximate surface area is 134 Å². The van der Waals surface area contributed by atoms with Crippen molar-refractivity contribution in [1.29, 1.82) is 0 Å². The van der Waals surface area contributed by atoms with Crippen LogP contribution in [0.4, 0.5) is 5.69 Å². The van der Waals surface area contributed by atoms with Crippen molar-refractivity contribution in [3.8, 4) is 0 Å². The van der Waals surface area contributed by atoms with Crippen molar-refractivity contribution in [2.75, 3.05) is 11.4 Å². The summed E-state index contributed by atoms with van der Waals surface area (Å²) in [7, 11) is 0. The molecule has 0 N–H and O–H groups in total. The largest absolute Gasteiger partial charge is 0.305 e. The molecule has 1 aromatic rings. The molecule has 2 heteroatoms. The molecule has 0 saturated carbocycles. The second-order valence-corrected chi connectivity index (χ2v) is 6.64. The van der Waals surface area contributed by atoms with Gasteiger partial charge in [-0.2, -0.15) is 0 Å². The standard InChI is InChI=1S/C20H27NO/c22-20-19-15-11-6-4-2-1-3-5-8-12-17(19)16-21(20)18-13-9-7-10-14-18/h7,9-10,13-14H,1-6,8,11-12,15-16H2. The first kappa shape index (κ1) is 15.3. The maximum Gasteiger partial charge on any atom is 0.254 e. The molecule has 0 aromatic heterocycles. The summed E-state index contributed by atoms with van der Waals surface area (Å²) in [5.41, 5.74) is 3.59. The van der Waals surface area contributed by atoms with Gasteiger partial charge in [0.25, 0.3) is 5.91 Å². The predicted octanol–water partition coefficient (Wildman–Crippen LogP) is 5.24. The molecule has 1 aliphatic heterocycles. The molecule has 0 unspecified atom stereocenters. The molecule has 2 nitrogen and oxygen atoms in total. The van der Waals surface area contributed by atoms with Crippen molar-refractivity contribution in [3.63, 3.8) is 0 Å². The van der Waals surface area contributed by atoms with E-state index < -0.39 is 0 Å². The van der Waals surface area contributed by atoms with Crippen LogP contribution in [0.5, 0.6) is 0 Å². The van der Waals surface area contributed by atoms with Gasteiger partial charge in [-0.1, -0.05) is 56.7 Å². The maximum absolute atomic E-state index is 12.8. The lowest BCUT2D eigenvalue weighted by atomic mass is 9.96. The minimum atomic E-state index is 0.262. The third kappa shape index (κ3) is 3.60. The summed E-state index contributed by atoms with van der Waals surface area (Å²) in [6, 6.07) is 10.1. The molecule has 0 radical (unpaired) electrons. The fourth-order valence-corrected chi connectivity index (χ4v) is 3.70. The first-order valence-electron chi connectivity index (χ1n) is 8.94. The van der Waals surface area contributed by atoms with Crippen LogP contribution in [0.1, 0.15) is 64.2 Å². The zero-order valence-corrected chi connectivity index (χ0v) is 13.5. The van der Waals surface area contributed by atoms with E-state index in [0.29, 0.717) is 0 Å². The van der Waals surface area contributed by atoms with Crippen LogP contribution in [-0.2, 0) is 4.79 Å². The number of amides is 1. The summed E-state index contributed by atoms with van der Waals surface area (Å²) in [6.45, 7) is 0.818. The number of carbonyl (C=O) groups is 1. The minimum Gasteiger partial charge on any atom is -0.305 e. The third-order valence-electron chi connectivity index (χ3n) is 5.00. The molecular weight excluding hydrogens is 270 g/mol. The molecule has 1 aliphatic carbocycles. The highest BCUT2D eigenvalue weighted by Gasteiger charge is 2.30. The van der Waals surface area contributed by atoms with Crippen LogP contribution in [0, 0.1) is 0 Å². The van der Waals surface area contributed by atoms with Gasteiger partial charge in [-0.05, 0) is 43.4 Å². The van der Waals surface area contributed by atoms with Crippen molar-refractivity contribution in [1.82, 2.24) is 0 Å². The molecule has 1 aromatic carbocycles. The Balaban J connectivity index is 1.74. The SMILES string of the molecule is O=C1C2=C(CCCCCCCCCC2)CN1c1ccccc1. The number of benzene rings is 1. The smallest absolute Gasteiger partial charge is 0.254 e. The van der Waals surface area contributed by atoms with Crippen LogP contribution in [-0.4, -0.2) is 12.5 Å². The van der Waals surface area contributed by atoms with E-state index in [9.17, 15) is 4.79 Å². The average molecular weight is 297 g/mol. The maximum atomic E-state index is 12.8. The van der Waals surface area contributed by atoms with Gasteiger partial charge < -0.3 is 4.90 Å². The minimum absolute atomic E-state index is 0.262. The molecule has 0 saturated heterocycles. The van der Waals surface area contributed by atoms with Gasteiger partial charge >= 0.3 is 0 Å². The lowest BCUT2D eigenvalue weighted by molar-refractivity contribution is -0.114. The molecule has 0 atom stereocenters. The molecule has 0 fully saturated rings. The van der Waals surface area contributed by atoms with Gasteiger partial charge in [0.05, 0.1) is 0 Å². The molecule has 2 aliphatic rings. The van der Waals surface area contributed by atoms with E-state index in [1.165, 1.54) is 56.9 Å². The highest BCUT2D eigenvalue weighted by Crippen LogP contribution is 2.31. The first-order valence-corrected chi connectivity index (χ1v) is 8.94. The van der Waals surface area contributed by atoms with Crippen molar-refractivity contribution < 1.29 is 4.79 Å². The van der Waals surface area contributed by atoms with Crippen LogP contribution < -0.4 is 4.90 Å². The Hall–Kier alpha value is -1.57. The Morgan fingerprint density at radius 1 is 0.727 bits per heavy atom. The predicted molar refractivity (Wildman–Crippen MR) is 92.0 cm³/mol. The van der Waals surface area contributed by atoms with Crippen molar-refractivity contribution in [2.45, 2.75) is 64.2 Å². The molecule has 0 spiro atoms. The van der Waals surface area contributed by atoms with E-state index >= 15 is 0 Å². The van der Waals surface area contributed by atoms with Crippen molar-refractivity contribution in [3.05, 3.63) is 41.5 Å². The van der Waals surface area contributed by atoms with Gasteiger partial charge in [0.15, 0.2) is 0 Å². The summed E-state index contributed by atoms with van der Waals surface area (Å²) in [5.74, 6) is 0.262. The molecule has 0 bridgehead atoms. The number of hydrogen-bond acceptors (Lipinski definition) is 1. The number of rotatable bonds is 1. The van der Waals surface area contributed by atoms with Crippen LogP contribution >= 0.6 is 0 Å². The van der Waals surface area contributed by atoms with Crippen LogP contribution in [0.2, 0.25) is 0 Å². The number of anilines is 1. The number of carbonyl (C=O) groups excluding carboxylic acids is 1. The molecule has 1 heterocycles.